The van der Waals surface area contributed by atoms with Gasteiger partial charge in [0.1, 0.15) is 5.60 Å². The normalized spacial score (nSPS) is 15.9. The first-order valence-corrected chi connectivity index (χ1v) is 9.66. The van der Waals surface area contributed by atoms with Crippen molar-refractivity contribution >= 4 is 29.9 Å². The van der Waals surface area contributed by atoms with Crippen LogP contribution in [0.5, 0.6) is 0 Å². The van der Waals surface area contributed by atoms with Crippen LogP contribution in [0.3, 0.4) is 0 Å². The average molecular weight is 378 g/mol. The van der Waals surface area contributed by atoms with Gasteiger partial charge in [-0.15, -0.1) is 11.8 Å². The Morgan fingerprint density at radius 3 is 2.46 bits per heavy atom. The van der Waals surface area contributed by atoms with Crippen molar-refractivity contribution in [1.82, 2.24) is 4.90 Å². The number of amides is 1. The molecule has 0 atom stereocenters. The van der Waals surface area contributed by atoms with Gasteiger partial charge in [0, 0.05) is 29.3 Å². The van der Waals surface area contributed by atoms with Crippen LogP contribution < -0.4 is 0 Å². The fourth-order valence-electron chi connectivity index (χ4n) is 2.61. The number of carbonyl (C=O) groups is 2. The zero-order valence-corrected chi connectivity index (χ0v) is 16.7. The summed E-state index contributed by atoms with van der Waals surface area (Å²) in [5.41, 5.74) is 0.533. The Kier molecular flexibility index (Phi) is 7.14. The summed E-state index contributed by atoms with van der Waals surface area (Å²) in [7, 11) is 1.37. The Morgan fingerprint density at radius 1 is 1.19 bits per heavy atom. The summed E-state index contributed by atoms with van der Waals surface area (Å²) in [4.78, 5) is 26.4. The lowest BCUT2D eigenvalue weighted by atomic mass is 10.1. The van der Waals surface area contributed by atoms with Crippen molar-refractivity contribution < 1.29 is 19.1 Å². The molecular weight excluding hydrogens is 350 g/mol. The van der Waals surface area contributed by atoms with Crippen molar-refractivity contribution in [1.29, 1.82) is 0 Å². The lowest BCUT2D eigenvalue weighted by Crippen LogP contribution is -2.42. The summed E-state index contributed by atoms with van der Waals surface area (Å²) in [5.74, 6) is -0.365. The molecule has 0 bridgehead atoms. The quantitative estimate of drug-likeness (QED) is 0.576. The van der Waals surface area contributed by atoms with Gasteiger partial charge in [0.15, 0.2) is 0 Å². The number of benzene rings is 1. The molecule has 1 aromatic carbocycles. The van der Waals surface area contributed by atoms with Gasteiger partial charge < -0.3 is 14.4 Å². The first kappa shape index (κ1) is 20.4. The van der Waals surface area contributed by atoms with E-state index in [1.54, 1.807) is 22.7 Å². The van der Waals surface area contributed by atoms with Gasteiger partial charge in [-0.3, -0.25) is 0 Å². The average Bonchev–Trinajstić information content (AvgIpc) is 2.59. The molecule has 1 aliphatic heterocycles. The maximum atomic E-state index is 12.2. The molecule has 142 valence electrons. The van der Waals surface area contributed by atoms with E-state index in [9.17, 15) is 9.59 Å². The number of piperidine rings is 1. The zero-order chi connectivity index (χ0) is 19.2. The van der Waals surface area contributed by atoms with Gasteiger partial charge in [0.2, 0.25) is 0 Å². The van der Waals surface area contributed by atoms with E-state index >= 15 is 0 Å². The van der Waals surface area contributed by atoms with Crippen molar-refractivity contribution in [3.63, 3.8) is 0 Å². The fraction of sp³-hybridized carbons (Fsp3) is 0.500. The standard InChI is InChI=1S/C20H27NO4S/c1-20(2,3)25-19(23)21-13-11-16(12-14-21)26-17-8-6-5-7-15(17)9-10-18(22)24-4/h5-10,16H,11-14H2,1-4H3/b10-9+. The Hall–Kier alpha value is -1.95. The second kappa shape index (κ2) is 9.12. The summed E-state index contributed by atoms with van der Waals surface area (Å²) >= 11 is 1.80. The van der Waals surface area contributed by atoms with Crippen LogP contribution in [0, 0.1) is 0 Å². The molecule has 5 nitrogen and oxygen atoms in total. The molecule has 0 radical (unpaired) electrons. The molecule has 1 aliphatic rings. The monoisotopic (exact) mass is 377 g/mol. The number of hydrogen-bond donors (Lipinski definition) is 0. The number of hydrogen-bond acceptors (Lipinski definition) is 5. The molecule has 0 aliphatic carbocycles. The Labute approximate surface area is 159 Å². The Bertz CT molecular complexity index is 658. The van der Waals surface area contributed by atoms with Gasteiger partial charge in [0.05, 0.1) is 7.11 Å². The molecule has 1 saturated heterocycles. The third kappa shape index (κ3) is 6.41. The van der Waals surface area contributed by atoms with Crippen molar-refractivity contribution in [2.24, 2.45) is 0 Å². The highest BCUT2D eigenvalue weighted by Gasteiger charge is 2.27. The molecule has 6 heteroatoms. The highest BCUT2D eigenvalue weighted by Crippen LogP contribution is 2.33. The molecule has 1 heterocycles. The van der Waals surface area contributed by atoms with E-state index in [-0.39, 0.29) is 12.1 Å². The summed E-state index contributed by atoms with van der Waals surface area (Å²) in [6.07, 6.45) is 4.81. The third-order valence-corrected chi connectivity index (χ3v) is 5.34. The molecule has 0 spiro atoms. The van der Waals surface area contributed by atoms with E-state index in [1.807, 2.05) is 39.0 Å². The lowest BCUT2D eigenvalue weighted by molar-refractivity contribution is -0.134. The molecule has 0 aromatic heterocycles. The number of nitrogens with zero attached hydrogens (tertiary/aromatic N) is 1. The van der Waals surface area contributed by atoms with E-state index in [4.69, 9.17) is 4.74 Å². The molecular formula is C20H27NO4S. The van der Waals surface area contributed by atoms with Crippen LogP contribution in [0.1, 0.15) is 39.2 Å². The second-order valence-electron chi connectivity index (χ2n) is 7.18. The summed E-state index contributed by atoms with van der Waals surface area (Å²) in [6, 6.07) is 7.99. The number of ether oxygens (including phenoxy) is 2. The summed E-state index contributed by atoms with van der Waals surface area (Å²) < 4.78 is 10.1. The van der Waals surface area contributed by atoms with Gasteiger partial charge in [0.25, 0.3) is 0 Å². The van der Waals surface area contributed by atoms with Gasteiger partial charge in [-0.05, 0) is 51.3 Å². The van der Waals surface area contributed by atoms with E-state index < -0.39 is 5.60 Å². The summed E-state index contributed by atoms with van der Waals surface area (Å²) in [6.45, 7) is 7.05. The number of esters is 1. The van der Waals surface area contributed by atoms with Crippen LogP contribution in [0.4, 0.5) is 4.79 Å². The molecule has 1 aromatic rings. The Balaban J connectivity index is 1.93. The number of carbonyl (C=O) groups excluding carboxylic acids is 2. The number of thioether (sulfide) groups is 1. The SMILES string of the molecule is COC(=O)/C=C/c1ccccc1SC1CCN(C(=O)OC(C)(C)C)CC1. The Morgan fingerprint density at radius 2 is 1.85 bits per heavy atom. The predicted molar refractivity (Wildman–Crippen MR) is 104 cm³/mol. The van der Waals surface area contributed by atoms with Crippen molar-refractivity contribution in [2.45, 2.75) is 49.4 Å². The zero-order valence-electron chi connectivity index (χ0n) is 15.9. The van der Waals surface area contributed by atoms with Crippen LogP contribution in [0.15, 0.2) is 35.2 Å². The van der Waals surface area contributed by atoms with E-state index in [2.05, 4.69) is 10.8 Å². The minimum absolute atomic E-state index is 0.234. The topological polar surface area (TPSA) is 55.8 Å². The first-order chi connectivity index (χ1) is 12.3. The maximum absolute atomic E-state index is 12.2. The smallest absolute Gasteiger partial charge is 0.410 e. The predicted octanol–water partition coefficient (Wildman–Crippen LogP) is 4.36. The number of methoxy groups -OCH3 is 1. The van der Waals surface area contributed by atoms with Crippen LogP contribution in [0.2, 0.25) is 0 Å². The van der Waals surface area contributed by atoms with Crippen LogP contribution in [-0.4, -0.2) is 48.0 Å². The van der Waals surface area contributed by atoms with Crippen molar-refractivity contribution in [3.8, 4) is 0 Å². The molecule has 1 fully saturated rings. The van der Waals surface area contributed by atoms with Crippen molar-refractivity contribution in [3.05, 3.63) is 35.9 Å². The lowest BCUT2D eigenvalue weighted by Gasteiger charge is -2.33. The second-order valence-corrected chi connectivity index (χ2v) is 8.52. The van der Waals surface area contributed by atoms with Crippen LogP contribution >= 0.6 is 11.8 Å². The molecule has 0 unspecified atom stereocenters. The van der Waals surface area contributed by atoms with Gasteiger partial charge in [-0.1, -0.05) is 18.2 Å². The van der Waals surface area contributed by atoms with Gasteiger partial charge in [-0.2, -0.15) is 0 Å². The van der Waals surface area contributed by atoms with E-state index in [0.717, 1.165) is 23.3 Å². The number of likely N-dealkylation sites (tertiary alicyclic amines) is 1. The highest BCUT2D eigenvalue weighted by molar-refractivity contribution is 8.00. The molecule has 2 rings (SSSR count). The largest absolute Gasteiger partial charge is 0.466 e. The first-order valence-electron chi connectivity index (χ1n) is 8.78. The minimum atomic E-state index is -0.465. The molecule has 0 saturated carbocycles. The molecule has 1 amide bonds. The molecule has 0 N–H and O–H groups in total. The molecule has 26 heavy (non-hydrogen) atoms. The number of rotatable bonds is 4. The highest BCUT2D eigenvalue weighted by atomic mass is 32.2. The van der Waals surface area contributed by atoms with E-state index in [1.165, 1.54) is 13.2 Å². The maximum Gasteiger partial charge on any atom is 0.410 e. The van der Waals surface area contributed by atoms with E-state index in [0.29, 0.717) is 18.3 Å². The van der Waals surface area contributed by atoms with Gasteiger partial charge >= 0.3 is 12.1 Å². The summed E-state index contributed by atoms with van der Waals surface area (Å²) in [5, 5.41) is 0.432. The van der Waals surface area contributed by atoms with Gasteiger partial charge in [-0.25, -0.2) is 9.59 Å². The minimum Gasteiger partial charge on any atom is -0.466 e. The fourth-order valence-corrected chi connectivity index (χ4v) is 3.85. The van der Waals surface area contributed by atoms with Crippen LogP contribution in [-0.2, 0) is 14.3 Å². The third-order valence-electron chi connectivity index (χ3n) is 3.91. The van der Waals surface area contributed by atoms with Crippen molar-refractivity contribution in [2.75, 3.05) is 20.2 Å². The van der Waals surface area contributed by atoms with Crippen LogP contribution in [0.25, 0.3) is 6.08 Å².